The topological polar surface area (TPSA) is 110 Å². The minimum absolute atomic E-state index is 0.0368. The first-order valence-corrected chi connectivity index (χ1v) is 8.42. The highest BCUT2D eigenvalue weighted by molar-refractivity contribution is 7.95. The molecule has 1 aliphatic rings. The minimum atomic E-state index is -3.66. The Morgan fingerprint density at radius 2 is 1.91 bits per heavy atom. The average molecular weight is 339 g/mol. The number of ether oxygens (including phenoxy) is 1. The van der Waals surface area contributed by atoms with Gasteiger partial charge in [-0.15, -0.1) is 0 Å². The first-order chi connectivity index (χ1) is 10.7. The summed E-state index contributed by atoms with van der Waals surface area (Å²) in [7, 11) is -3.66. The van der Waals surface area contributed by atoms with E-state index in [0.29, 0.717) is 5.56 Å². The first-order valence-electron chi connectivity index (χ1n) is 6.94. The number of carbonyl (C=O) groups excluding carboxylic acids is 1. The lowest BCUT2D eigenvalue weighted by Crippen LogP contribution is -2.44. The van der Waals surface area contributed by atoms with Crippen LogP contribution in [0, 0.1) is 5.92 Å². The summed E-state index contributed by atoms with van der Waals surface area (Å²) in [5.74, 6) is -1.52. The predicted octanol–water partition coefficient (Wildman–Crippen LogP) is 1.65. The second-order valence-electron chi connectivity index (χ2n) is 5.43. The third-order valence-corrected chi connectivity index (χ3v) is 5.30. The number of rotatable bonds is 5. The number of benzene rings is 1. The highest BCUT2D eigenvalue weighted by Gasteiger charge is 2.30. The largest absolute Gasteiger partial charge is 0.480 e. The molecule has 124 valence electrons. The van der Waals surface area contributed by atoms with Crippen LogP contribution >= 0.6 is 0 Å². The molecule has 23 heavy (non-hydrogen) atoms. The Kier molecular flexibility index (Phi) is 4.74. The van der Waals surface area contributed by atoms with Crippen LogP contribution in [0.25, 0.3) is 6.08 Å². The van der Waals surface area contributed by atoms with Crippen molar-refractivity contribution in [2.24, 2.45) is 5.92 Å². The number of carboxylic acid groups (broad SMARTS) is 1. The van der Waals surface area contributed by atoms with E-state index in [1.165, 1.54) is 12.1 Å². The number of alkyl carbamates (subject to hydrolysis) is 1. The normalized spacial score (nSPS) is 16.4. The van der Waals surface area contributed by atoms with Crippen LogP contribution in [-0.2, 0) is 19.4 Å². The van der Waals surface area contributed by atoms with Crippen molar-refractivity contribution >= 4 is 28.0 Å². The van der Waals surface area contributed by atoms with Crippen molar-refractivity contribution in [1.29, 1.82) is 0 Å². The summed E-state index contributed by atoms with van der Waals surface area (Å²) in [6, 6.07) is 5.35. The maximum atomic E-state index is 12.3. The van der Waals surface area contributed by atoms with Crippen molar-refractivity contribution in [2.75, 3.05) is 6.61 Å². The Bertz CT molecular complexity index is 766. The standard InChI is InChI=1S/C15H17NO6S/c1-9(2)13(14(17)18)16-15(19)22-8-11-7-10-5-3-4-6-12(10)23(11,20)21/h3-7,9,13H,8H2,1-2H3,(H,16,19)(H,17,18). The molecule has 7 nitrogen and oxygen atoms in total. The van der Waals surface area contributed by atoms with Crippen LogP contribution in [0.2, 0.25) is 0 Å². The van der Waals surface area contributed by atoms with Gasteiger partial charge in [0.25, 0.3) is 0 Å². The molecule has 1 aromatic rings. The molecule has 2 N–H and O–H groups in total. The van der Waals surface area contributed by atoms with Crippen LogP contribution in [0.15, 0.2) is 34.1 Å². The fraction of sp³-hybridized carbons (Fsp3) is 0.333. The number of carboxylic acids is 1. The molecular formula is C15H17NO6S. The molecule has 1 atom stereocenters. The molecule has 0 spiro atoms. The molecule has 0 aromatic heterocycles. The van der Waals surface area contributed by atoms with Gasteiger partial charge in [0.15, 0.2) is 0 Å². The second kappa shape index (κ2) is 6.41. The molecule has 0 radical (unpaired) electrons. The van der Waals surface area contributed by atoms with E-state index in [4.69, 9.17) is 9.84 Å². The summed E-state index contributed by atoms with van der Waals surface area (Å²) < 4.78 is 29.4. The van der Waals surface area contributed by atoms with Crippen molar-refractivity contribution in [2.45, 2.75) is 24.8 Å². The lowest BCUT2D eigenvalue weighted by Gasteiger charge is -2.17. The fourth-order valence-corrected chi connectivity index (χ4v) is 3.65. The molecule has 1 unspecified atom stereocenters. The van der Waals surface area contributed by atoms with Crippen LogP contribution in [0.3, 0.4) is 0 Å². The van der Waals surface area contributed by atoms with Crippen LogP contribution in [0.5, 0.6) is 0 Å². The van der Waals surface area contributed by atoms with E-state index in [-0.39, 0.29) is 15.7 Å². The lowest BCUT2D eigenvalue weighted by atomic mass is 10.1. The van der Waals surface area contributed by atoms with Crippen LogP contribution in [0.4, 0.5) is 4.79 Å². The quantitative estimate of drug-likeness (QED) is 0.844. The molecule has 0 bridgehead atoms. The number of carbonyl (C=O) groups is 2. The van der Waals surface area contributed by atoms with Gasteiger partial charge in [0.1, 0.15) is 12.6 Å². The second-order valence-corrected chi connectivity index (χ2v) is 7.40. The van der Waals surface area contributed by atoms with E-state index >= 15 is 0 Å². The molecule has 8 heteroatoms. The maximum absolute atomic E-state index is 12.3. The van der Waals surface area contributed by atoms with Gasteiger partial charge in [-0.2, -0.15) is 0 Å². The number of hydrogen-bond donors (Lipinski definition) is 2. The number of aliphatic carboxylic acids is 1. The highest BCUT2D eigenvalue weighted by Crippen LogP contribution is 2.32. The van der Waals surface area contributed by atoms with Crippen LogP contribution in [0.1, 0.15) is 19.4 Å². The molecule has 1 amide bonds. The van der Waals surface area contributed by atoms with Crippen LogP contribution < -0.4 is 5.32 Å². The summed E-state index contributed by atoms with van der Waals surface area (Å²) in [4.78, 5) is 22.8. The van der Waals surface area contributed by atoms with E-state index in [1.54, 1.807) is 32.0 Å². The van der Waals surface area contributed by atoms with Gasteiger partial charge in [0.2, 0.25) is 9.84 Å². The smallest absolute Gasteiger partial charge is 0.408 e. The average Bonchev–Trinajstić information content (AvgIpc) is 2.73. The lowest BCUT2D eigenvalue weighted by molar-refractivity contribution is -0.140. The number of nitrogens with one attached hydrogen (secondary N) is 1. The third-order valence-electron chi connectivity index (χ3n) is 3.42. The molecule has 1 heterocycles. The fourth-order valence-electron chi connectivity index (χ4n) is 2.17. The summed E-state index contributed by atoms with van der Waals surface area (Å²) in [6.07, 6.45) is 0.466. The zero-order chi connectivity index (χ0) is 17.2. The van der Waals surface area contributed by atoms with E-state index in [1.807, 2.05) is 0 Å². The molecule has 1 aliphatic heterocycles. The van der Waals surface area contributed by atoms with Crippen molar-refractivity contribution in [3.63, 3.8) is 0 Å². The number of hydrogen-bond acceptors (Lipinski definition) is 5. The van der Waals surface area contributed by atoms with Gasteiger partial charge in [-0.1, -0.05) is 32.0 Å². The summed E-state index contributed by atoms with van der Waals surface area (Å²) in [5.41, 5.74) is 0.539. The summed E-state index contributed by atoms with van der Waals surface area (Å²) in [5, 5.41) is 11.2. The van der Waals surface area contributed by atoms with Gasteiger partial charge >= 0.3 is 12.1 Å². The van der Waals surface area contributed by atoms with E-state index < -0.39 is 34.5 Å². The molecular weight excluding hydrogens is 322 g/mol. The van der Waals surface area contributed by atoms with Gasteiger partial charge in [-0.25, -0.2) is 18.0 Å². The maximum Gasteiger partial charge on any atom is 0.408 e. The monoisotopic (exact) mass is 339 g/mol. The Hall–Kier alpha value is -2.35. The summed E-state index contributed by atoms with van der Waals surface area (Å²) >= 11 is 0. The number of amides is 1. The Morgan fingerprint density at radius 1 is 1.26 bits per heavy atom. The van der Waals surface area contributed by atoms with Crippen molar-refractivity contribution in [1.82, 2.24) is 5.32 Å². The number of sulfone groups is 1. The van der Waals surface area contributed by atoms with E-state index in [2.05, 4.69) is 5.32 Å². The van der Waals surface area contributed by atoms with Gasteiger partial charge in [-0.05, 0) is 23.6 Å². The van der Waals surface area contributed by atoms with Gasteiger partial charge < -0.3 is 15.2 Å². The Balaban J connectivity index is 2.03. The molecule has 0 saturated heterocycles. The molecule has 1 aromatic carbocycles. The zero-order valence-corrected chi connectivity index (χ0v) is 13.5. The number of fused-ring (bicyclic) bond motifs is 1. The van der Waals surface area contributed by atoms with Gasteiger partial charge in [0.05, 0.1) is 9.80 Å². The zero-order valence-electron chi connectivity index (χ0n) is 12.6. The van der Waals surface area contributed by atoms with Crippen molar-refractivity contribution in [3.8, 4) is 0 Å². The highest BCUT2D eigenvalue weighted by atomic mass is 32.2. The van der Waals surface area contributed by atoms with Gasteiger partial charge in [-0.3, -0.25) is 0 Å². The van der Waals surface area contributed by atoms with Gasteiger partial charge in [0, 0.05) is 0 Å². The minimum Gasteiger partial charge on any atom is -0.480 e. The van der Waals surface area contributed by atoms with E-state index in [9.17, 15) is 18.0 Å². The molecule has 0 aliphatic carbocycles. The predicted molar refractivity (Wildman–Crippen MR) is 82.4 cm³/mol. The molecule has 2 rings (SSSR count). The Labute approximate surface area is 133 Å². The van der Waals surface area contributed by atoms with Crippen molar-refractivity contribution < 1.29 is 27.9 Å². The third kappa shape index (κ3) is 3.53. The Morgan fingerprint density at radius 3 is 2.48 bits per heavy atom. The van der Waals surface area contributed by atoms with Crippen LogP contribution in [-0.4, -0.2) is 38.2 Å². The van der Waals surface area contributed by atoms with E-state index in [0.717, 1.165) is 0 Å². The summed E-state index contributed by atoms with van der Waals surface area (Å²) in [6.45, 7) is 2.83. The molecule has 0 fully saturated rings. The van der Waals surface area contributed by atoms with Crippen molar-refractivity contribution in [3.05, 3.63) is 34.7 Å². The molecule has 0 saturated carbocycles. The SMILES string of the molecule is CC(C)C(NC(=O)OCC1=Cc2ccccc2S1(=O)=O)C(=O)O. The first kappa shape index (κ1) is 17.0.